The molecular formula is C13H21N5O3S. The lowest BCUT2D eigenvalue weighted by Gasteiger charge is -2.49. The molecule has 8 nitrogen and oxygen atoms in total. The molecule has 2 aliphatic rings. The predicted molar refractivity (Wildman–Crippen MR) is 82.7 cm³/mol. The molecule has 0 aromatic carbocycles. The normalized spacial score (nSPS) is 30.1. The summed E-state index contributed by atoms with van der Waals surface area (Å²) < 4.78 is 25.0. The molecule has 0 aliphatic carbocycles. The van der Waals surface area contributed by atoms with Gasteiger partial charge in [0, 0.05) is 38.3 Å². The Hall–Kier alpha value is -1.45. The van der Waals surface area contributed by atoms with Gasteiger partial charge in [0.2, 0.25) is 16.0 Å². The molecular weight excluding hydrogens is 306 g/mol. The second kappa shape index (κ2) is 5.32. The molecule has 0 amide bonds. The maximum atomic E-state index is 11.8. The number of sulfonamides is 1. The molecule has 2 aliphatic heterocycles. The van der Waals surface area contributed by atoms with Crippen LogP contribution in [0, 0.1) is 5.92 Å². The van der Waals surface area contributed by atoms with Crippen LogP contribution >= 0.6 is 0 Å². The summed E-state index contributed by atoms with van der Waals surface area (Å²) >= 11 is 0. The van der Waals surface area contributed by atoms with Gasteiger partial charge in [-0.3, -0.25) is 0 Å². The fourth-order valence-corrected chi connectivity index (χ4v) is 4.19. The van der Waals surface area contributed by atoms with Crippen LogP contribution in [0.3, 0.4) is 0 Å². The zero-order valence-electron chi connectivity index (χ0n) is 12.5. The Morgan fingerprint density at radius 2 is 2.09 bits per heavy atom. The first-order valence-electron chi connectivity index (χ1n) is 7.29. The van der Waals surface area contributed by atoms with E-state index in [1.807, 2.05) is 4.90 Å². The van der Waals surface area contributed by atoms with Gasteiger partial charge in [-0.25, -0.2) is 17.7 Å². The van der Waals surface area contributed by atoms with Gasteiger partial charge >= 0.3 is 0 Å². The first-order chi connectivity index (χ1) is 10.3. The molecule has 0 saturated carbocycles. The van der Waals surface area contributed by atoms with Gasteiger partial charge in [0.15, 0.2) is 0 Å². The van der Waals surface area contributed by atoms with Crippen LogP contribution in [0.25, 0.3) is 0 Å². The van der Waals surface area contributed by atoms with Crippen molar-refractivity contribution in [1.82, 2.24) is 14.3 Å². The molecule has 122 valence electrons. The Kier molecular flexibility index (Phi) is 3.74. The number of hydrogen-bond acceptors (Lipinski definition) is 7. The van der Waals surface area contributed by atoms with Crippen molar-refractivity contribution in [2.45, 2.75) is 18.4 Å². The van der Waals surface area contributed by atoms with E-state index in [-0.39, 0.29) is 11.9 Å². The van der Waals surface area contributed by atoms with Gasteiger partial charge in [-0.15, -0.1) is 0 Å². The minimum atomic E-state index is -3.23. The Bertz CT molecular complexity index is 667. The summed E-state index contributed by atoms with van der Waals surface area (Å²) in [5, 5.41) is 10.8. The molecule has 22 heavy (non-hydrogen) atoms. The van der Waals surface area contributed by atoms with Gasteiger partial charge < -0.3 is 15.7 Å². The number of rotatable bonds is 2. The third-order valence-corrected chi connectivity index (χ3v) is 5.96. The van der Waals surface area contributed by atoms with Gasteiger partial charge in [0.1, 0.15) is 5.82 Å². The molecule has 0 radical (unpaired) electrons. The Labute approximate surface area is 130 Å². The SMILES string of the molecule is CS(=O)(=O)N1CC[C@]2(O)CCN(c3ccnc(N)n3)C[C@@H]2C1. The van der Waals surface area contributed by atoms with E-state index >= 15 is 0 Å². The van der Waals surface area contributed by atoms with Gasteiger partial charge in [-0.1, -0.05) is 0 Å². The lowest BCUT2D eigenvalue weighted by atomic mass is 9.76. The minimum absolute atomic E-state index is 0.138. The highest BCUT2D eigenvalue weighted by Crippen LogP contribution is 2.37. The van der Waals surface area contributed by atoms with Crippen LogP contribution in [-0.4, -0.2) is 65.8 Å². The van der Waals surface area contributed by atoms with Crippen molar-refractivity contribution < 1.29 is 13.5 Å². The van der Waals surface area contributed by atoms with Gasteiger partial charge in [0.05, 0.1) is 11.9 Å². The fourth-order valence-electron chi connectivity index (χ4n) is 3.32. The number of nitrogens with zero attached hydrogens (tertiary/aromatic N) is 4. The van der Waals surface area contributed by atoms with Crippen molar-refractivity contribution >= 4 is 21.8 Å². The highest BCUT2D eigenvalue weighted by molar-refractivity contribution is 7.88. The van der Waals surface area contributed by atoms with Crippen molar-refractivity contribution in [3.8, 4) is 0 Å². The number of aliphatic hydroxyl groups is 1. The van der Waals surface area contributed by atoms with Crippen LogP contribution in [0.4, 0.5) is 11.8 Å². The van der Waals surface area contributed by atoms with Crippen LogP contribution in [0.2, 0.25) is 0 Å². The molecule has 3 heterocycles. The Morgan fingerprint density at radius 1 is 1.36 bits per heavy atom. The van der Waals surface area contributed by atoms with Crippen LogP contribution in [0.15, 0.2) is 12.3 Å². The zero-order valence-corrected chi connectivity index (χ0v) is 13.3. The zero-order chi connectivity index (χ0) is 16.0. The van der Waals surface area contributed by atoms with Gasteiger partial charge in [-0.05, 0) is 18.9 Å². The van der Waals surface area contributed by atoms with E-state index < -0.39 is 15.6 Å². The average Bonchev–Trinajstić information content (AvgIpc) is 2.45. The monoisotopic (exact) mass is 327 g/mol. The van der Waals surface area contributed by atoms with Crippen LogP contribution in [-0.2, 0) is 10.0 Å². The first-order valence-corrected chi connectivity index (χ1v) is 9.14. The van der Waals surface area contributed by atoms with Crippen molar-refractivity contribution in [3.63, 3.8) is 0 Å². The van der Waals surface area contributed by atoms with Crippen molar-refractivity contribution in [3.05, 3.63) is 12.3 Å². The van der Waals surface area contributed by atoms with Gasteiger partial charge in [-0.2, -0.15) is 4.98 Å². The molecule has 0 spiro atoms. The van der Waals surface area contributed by atoms with Crippen LogP contribution in [0.1, 0.15) is 12.8 Å². The molecule has 3 N–H and O–H groups in total. The second-order valence-electron chi connectivity index (χ2n) is 6.14. The second-order valence-corrected chi connectivity index (χ2v) is 8.12. The lowest BCUT2D eigenvalue weighted by Crippen LogP contribution is -2.60. The summed E-state index contributed by atoms with van der Waals surface area (Å²) in [5.74, 6) is 0.784. The van der Waals surface area contributed by atoms with Crippen molar-refractivity contribution in [1.29, 1.82) is 0 Å². The van der Waals surface area contributed by atoms with E-state index in [1.54, 1.807) is 12.3 Å². The molecule has 2 fully saturated rings. The molecule has 0 unspecified atom stereocenters. The predicted octanol–water partition coefficient (Wildman–Crippen LogP) is -0.718. The van der Waals surface area contributed by atoms with E-state index in [1.165, 1.54) is 10.6 Å². The first kappa shape index (κ1) is 15.4. The highest BCUT2D eigenvalue weighted by atomic mass is 32.2. The van der Waals surface area contributed by atoms with E-state index in [2.05, 4.69) is 9.97 Å². The number of anilines is 2. The van der Waals surface area contributed by atoms with E-state index in [9.17, 15) is 13.5 Å². The number of piperidine rings is 2. The molecule has 3 rings (SSSR count). The molecule has 9 heteroatoms. The number of aromatic nitrogens is 2. The summed E-state index contributed by atoms with van der Waals surface area (Å²) in [7, 11) is -3.23. The topological polar surface area (TPSA) is 113 Å². The van der Waals surface area contributed by atoms with Crippen molar-refractivity contribution in [2.75, 3.05) is 43.1 Å². The lowest BCUT2D eigenvalue weighted by molar-refractivity contribution is -0.0688. The number of nitrogens with two attached hydrogens (primary N) is 1. The maximum absolute atomic E-state index is 11.8. The third-order valence-electron chi connectivity index (χ3n) is 4.69. The fraction of sp³-hybridized carbons (Fsp3) is 0.692. The quantitative estimate of drug-likeness (QED) is 0.737. The highest BCUT2D eigenvalue weighted by Gasteiger charge is 2.46. The maximum Gasteiger partial charge on any atom is 0.221 e. The number of fused-ring (bicyclic) bond motifs is 1. The van der Waals surface area contributed by atoms with Crippen LogP contribution < -0.4 is 10.6 Å². The van der Waals surface area contributed by atoms with E-state index in [0.29, 0.717) is 44.8 Å². The smallest absolute Gasteiger partial charge is 0.221 e. The third kappa shape index (κ3) is 2.88. The summed E-state index contributed by atoms with van der Waals surface area (Å²) in [6, 6.07) is 1.78. The summed E-state index contributed by atoms with van der Waals surface area (Å²) in [6.07, 6.45) is 3.88. The average molecular weight is 327 g/mol. The Morgan fingerprint density at radius 3 is 2.77 bits per heavy atom. The summed E-state index contributed by atoms with van der Waals surface area (Å²) in [6.45, 7) is 1.94. The molecule has 0 bridgehead atoms. The number of nitrogen functional groups attached to an aromatic ring is 1. The van der Waals surface area contributed by atoms with Gasteiger partial charge in [0.25, 0.3) is 0 Å². The summed E-state index contributed by atoms with van der Waals surface area (Å²) in [5.41, 5.74) is 4.82. The summed E-state index contributed by atoms with van der Waals surface area (Å²) in [4.78, 5) is 10.1. The molecule has 1 aromatic rings. The van der Waals surface area contributed by atoms with E-state index in [0.717, 1.165) is 0 Å². The van der Waals surface area contributed by atoms with E-state index in [4.69, 9.17) is 5.73 Å². The van der Waals surface area contributed by atoms with Crippen LogP contribution in [0.5, 0.6) is 0 Å². The standard InChI is InChI=1S/C13H21N5O3S/c1-22(20,21)18-7-4-13(19)3-6-17(8-10(13)9-18)11-2-5-15-12(14)16-11/h2,5,10,19H,3-4,6-9H2,1H3,(H2,14,15,16)/t10-,13-/m1/s1. The van der Waals surface area contributed by atoms with Crippen molar-refractivity contribution in [2.24, 2.45) is 5.92 Å². The molecule has 1 aromatic heterocycles. The molecule has 2 atom stereocenters. The number of hydrogen-bond donors (Lipinski definition) is 2. The minimum Gasteiger partial charge on any atom is -0.389 e. The molecule has 2 saturated heterocycles. The largest absolute Gasteiger partial charge is 0.389 e. The Balaban J connectivity index is 1.79.